The van der Waals surface area contributed by atoms with Gasteiger partial charge in [-0.25, -0.2) is 0 Å². The van der Waals surface area contributed by atoms with Crippen molar-refractivity contribution in [2.75, 3.05) is 0 Å². The van der Waals surface area contributed by atoms with Crippen LogP contribution in [0.2, 0.25) is 0 Å². The predicted octanol–water partition coefficient (Wildman–Crippen LogP) is 1.93. The minimum Gasteiger partial charge on any atom is -0.356 e. The fraction of sp³-hybridized carbons (Fsp3) is 0.125. The second-order valence-corrected chi connectivity index (χ2v) is 3.06. The molecule has 0 fully saturated rings. The molecule has 1 aromatic carbocycles. The molecular formula is C8H8N2OS. The Bertz CT molecular complexity index is 385. The first kappa shape index (κ1) is 7.64. The third-order valence-electron chi connectivity index (χ3n) is 1.67. The summed E-state index contributed by atoms with van der Waals surface area (Å²) in [7, 11) is 0. The summed E-state index contributed by atoms with van der Waals surface area (Å²) in [5.41, 5.74) is 1.74. The molecule has 0 amide bonds. The van der Waals surface area contributed by atoms with Crippen molar-refractivity contribution < 1.29 is 4.52 Å². The van der Waals surface area contributed by atoms with Gasteiger partial charge in [0.05, 0.1) is 5.75 Å². The van der Waals surface area contributed by atoms with Gasteiger partial charge in [-0.1, -0.05) is 29.2 Å². The summed E-state index contributed by atoms with van der Waals surface area (Å²) < 4.78 is 5.08. The van der Waals surface area contributed by atoms with Gasteiger partial charge in [-0.15, -0.1) is 0 Å². The topological polar surface area (TPSA) is 52.0 Å². The summed E-state index contributed by atoms with van der Waals surface area (Å²) in [5, 5.41) is 10.3. The molecule has 0 saturated heterocycles. The van der Waals surface area contributed by atoms with Gasteiger partial charge < -0.3 is 4.52 Å². The normalized spacial score (nSPS) is 10.8. The Kier molecular flexibility index (Phi) is 2.01. The van der Waals surface area contributed by atoms with Gasteiger partial charge in [-0.2, -0.15) is 0 Å². The largest absolute Gasteiger partial charge is 0.356 e. The Hall–Kier alpha value is -1.00. The van der Waals surface area contributed by atoms with Crippen molar-refractivity contribution >= 4 is 22.9 Å². The number of para-hydroxylation sites is 1. The lowest BCUT2D eigenvalue weighted by Gasteiger charge is -1.89. The minimum atomic E-state index is 0.691. The van der Waals surface area contributed by atoms with Crippen LogP contribution in [0.5, 0.6) is 0 Å². The second kappa shape index (κ2) is 3.16. The van der Waals surface area contributed by atoms with Crippen molar-refractivity contribution in [2.45, 2.75) is 5.75 Å². The molecule has 0 atom stereocenters. The predicted molar refractivity (Wildman–Crippen MR) is 49.5 cm³/mol. The zero-order valence-electron chi connectivity index (χ0n) is 6.36. The molecule has 0 aliphatic heterocycles. The maximum absolute atomic E-state index is 5.35. The lowest BCUT2D eigenvalue weighted by atomic mass is 10.2. The highest BCUT2D eigenvalue weighted by Gasteiger charge is 2.05. The van der Waals surface area contributed by atoms with Crippen LogP contribution in [0.25, 0.3) is 11.0 Å². The summed E-state index contributed by atoms with van der Waals surface area (Å²) in [6, 6.07) is 7.77. The van der Waals surface area contributed by atoms with Crippen LogP contribution in [0.3, 0.4) is 0 Å². The van der Waals surface area contributed by atoms with Crippen LogP contribution in [0.4, 0.5) is 0 Å². The fourth-order valence-electron chi connectivity index (χ4n) is 1.12. The van der Waals surface area contributed by atoms with E-state index in [1.165, 1.54) is 11.9 Å². The first-order chi connectivity index (χ1) is 5.92. The van der Waals surface area contributed by atoms with Crippen LogP contribution in [-0.2, 0) is 5.75 Å². The summed E-state index contributed by atoms with van der Waals surface area (Å²) in [6.45, 7) is 0. The highest BCUT2D eigenvalue weighted by atomic mass is 32.2. The summed E-state index contributed by atoms with van der Waals surface area (Å²) in [4.78, 5) is 0. The number of nitrogens with zero attached hydrogens (tertiary/aromatic N) is 1. The summed E-state index contributed by atoms with van der Waals surface area (Å²) >= 11 is 1.25. The lowest BCUT2D eigenvalue weighted by molar-refractivity contribution is 0.449. The van der Waals surface area contributed by atoms with Crippen molar-refractivity contribution in [3.05, 3.63) is 30.0 Å². The van der Waals surface area contributed by atoms with Gasteiger partial charge in [-0.05, 0) is 12.1 Å². The van der Waals surface area contributed by atoms with Crippen molar-refractivity contribution in [2.24, 2.45) is 5.14 Å². The van der Waals surface area contributed by atoms with E-state index in [1.807, 2.05) is 24.3 Å². The molecular weight excluding hydrogens is 172 g/mol. The highest BCUT2D eigenvalue weighted by molar-refractivity contribution is 7.96. The summed E-state index contributed by atoms with van der Waals surface area (Å²) in [6.07, 6.45) is 0. The van der Waals surface area contributed by atoms with Crippen LogP contribution < -0.4 is 5.14 Å². The molecule has 12 heavy (non-hydrogen) atoms. The number of hydrogen-bond acceptors (Lipinski definition) is 4. The van der Waals surface area contributed by atoms with Crippen molar-refractivity contribution in [1.29, 1.82) is 0 Å². The molecule has 2 aromatic rings. The van der Waals surface area contributed by atoms with Crippen molar-refractivity contribution in [1.82, 2.24) is 5.16 Å². The maximum atomic E-state index is 5.35. The van der Waals surface area contributed by atoms with Gasteiger partial charge >= 0.3 is 0 Å². The van der Waals surface area contributed by atoms with Crippen LogP contribution in [0.1, 0.15) is 5.69 Å². The van der Waals surface area contributed by atoms with E-state index in [0.29, 0.717) is 5.75 Å². The first-order valence-electron chi connectivity index (χ1n) is 3.57. The number of rotatable bonds is 2. The number of benzene rings is 1. The molecule has 2 rings (SSSR count). The molecule has 0 unspecified atom stereocenters. The quantitative estimate of drug-likeness (QED) is 0.717. The number of aromatic nitrogens is 1. The van der Waals surface area contributed by atoms with E-state index in [2.05, 4.69) is 5.16 Å². The third kappa shape index (κ3) is 1.19. The molecule has 4 heteroatoms. The highest BCUT2D eigenvalue weighted by Crippen LogP contribution is 2.19. The lowest BCUT2D eigenvalue weighted by Crippen LogP contribution is -1.84. The molecule has 0 aliphatic rings. The molecule has 62 valence electrons. The molecule has 0 spiro atoms. The average molecular weight is 180 g/mol. The van der Waals surface area contributed by atoms with Crippen molar-refractivity contribution in [3.8, 4) is 0 Å². The van der Waals surface area contributed by atoms with Crippen LogP contribution in [0, 0.1) is 0 Å². The zero-order valence-corrected chi connectivity index (χ0v) is 7.17. The molecule has 0 bridgehead atoms. The second-order valence-electron chi connectivity index (χ2n) is 2.44. The zero-order chi connectivity index (χ0) is 8.39. The van der Waals surface area contributed by atoms with Gasteiger partial charge in [0.1, 0.15) is 5.69 Å². The Morgan fingerprint density at radius 3 is 3.08 bits per heavy atom. The van der Waals surface area contributed by atoms with E-state index < -0.39 is 0 Å². The number of hydrogen-bond donors (Lipinski definition) is 1. The van der Waals surface area contributed by atoms with Gasteiger partial charge in [0.25, 0.3) is 0 Å². The fourth-order valence-corrected chi connectivity index (χ4v) is 1.49. The molecule has 0 radical (unpaired) electrons. The Morgan fingerprint density at radius 2 is 2.25 bits per heavy atom. The Morgan fingerprint density at radius 1 is 1.42 bits per heavy atom. The van der Waals surface area contributed by atoms with Gasteiger partial charge in [0, 0.05) is 5.39 Å². The molecule has 3 nitrogen and oxygen atoms in total. The monoisotopic (exact) mass is 180 g/mol. The smallest absolute Gasteiger partial charge is 0.167 e. The standard InChI is InChI=1S/C8H8N2OS/c9-12-5-7-6-3-1-2-4-8(6)11-10-7/h1-4H,5,9H2. The van der Waals surface area contributed by atoms with Crippen LogP contribution in [-0.4, -0.2) is 5.16 Å². The van der Waals surface area contributed by atoms with Crippen LogP contribution in [0.15, 0.2) is 28.8 Å². The SMILES string of the molecule is NSCc1noc2ccccc12. The maximum Gasteiger partial charge on any atom is 0.167 e. The third-order valence-corrected chi connectivity index (χ3v) is 2.11. The molecule has 2 N–H and O–H groups in total. The minimum absolute atomic E-state index is 0.691. The number of nitrogens with two attached hydrogens (primary N) is 1. The molecule has 1 heterocycles. The molecule has 0 aliphatic carbocycles. The van der Waals surface area contributed by atoms with E-state index in [1.54, 1.807) is 0 Å². The van der Waals surface area contributed by atoms with Crippen LogP contribution >= 0.6 is 11.9 Å². The van der Waals surface area contributed by atoms with E-state index in [-0.39, 0.29) is 0 Å². The van der Waals surface area contributed by atoms with Gasteiger partial charge in [-0.3, -0.25) is 5.14 Å². The van der Waals surface area contributed by atoms with Crippen molar-refractivity contribution in [3.63, 3.8) is 0 Å². The Balaban J connectivity index is 2.55. The van der Waals surface area contributed by atoms with E-state index in [4.69, 9.17) is 9.66 Å². The summed E-state index contributed by atoms with van der Waals surface area (Å²) in [5.74, 6) is 0.691. The van der Waals surface area contributed by atoms with E-state index in [9.17, 15) is 0 Å². The average Bonchev–Trinajstić information content (AvgIpc) is 2.50. The van der Waals surface area contributed by atoms with E-state index >= 15 is 0 Å². The Labute approximate surface area is 74.0 Å². The van der Waals surface area contributed by atoms with Gasteiger partial charge in [0.2, 0.25) is 0 Å². The molecule has 1 aromatic heterocycles. The molecule has 0 saturated carbocycles. The van der Waals surface area contributed by atoms with E-state index in [0.717, 1.165) is 16.7 Å². The number of fused-ring (bicyclic) bond motifs is 1. The first-order valence-corrected chi connectivity index (χ1v) is 4.61. The van der Waals surface area contributed by atoms with Gasteiger partial charge in [0.15, 0.2) is 5.58 Å².